The van der Waals surface area contributed by atoms with Gasteiger partial charge in [0, 0.05) is 6.04 Å². The van der Waals surface area contributed by atoms with E-state index in [0.717, 1.165) is 12.3 Å². The van der Waals surface area contributed by atoms with Gasteiger partial charge >= 0.3 is 7.05 Å². The van der Waals surface area contributed by atoms with Gasteiger partial charge in [0.2, 0.25) is 0 Å². The van der Waals surface area contributed by atoms with E-state index in [1.807, 2.05) is 0 Å². The Bertz CT molecular complexity index is 777. The van der Waals surface area contributed by atoms with Crippen molar-refractivity contribution in [3.05, 3.63) is 65.7 Å². The molecule has 2 aliphatic heterocycles. The Morgan fingerprint density at radius 3 is 2.60 bits per heavy atom. The highest BCUT2D eigenvalue weighted by Gasteiger charge is 2.64. The fourth-order valence-electron chi connectivity index (χ4n) is 5.65. The van der Waals surface area contributed by atoms with Crippen molar-refractivity contribution in [2.75, 3.05) is 6.54 Å². The van der Waals surface area contributed by atoms with Gasteiger partial charge in [-0.25, -0.2) is 0 Å². The van der Waals surface area contributed by atoms with Gasteiger partial charge in [-0.15, -0.1) is 0 Å². The van der Waals surface area contributed by atoms with Gasteiger partial charge in [-0.3, -0.25) is 0 Å². The first-order chi connectivity index (χ1) is 12.2. The molecular weight excluding hydrogens is 305 g/mol. The van der Waals surface area contributed by atoms with Crippen LogP contribution in [0.4, 0.5) is 0 Å². The molecular formula is C22H26BNO. The predicted octanol–water partition coefficient (Wildman–Crippen LogP) is 3.92. The number of nitrogens with zero attached hydrogens (tertiary/aromatic N) is 1. The molecule has 0 unspecified atom stereocenters. The molecule has 1 aliphatic carbocycles. The van der Waals surface area contributed by atoms with Gasteiger partial charge in [-0.1, -0.05) is 68.4 Å². The maximum atomic E-state index is 7.00. The second-order valence-electron chi connectivity index (χ2n) is 8.28. The molecule has 0 spiro atoms. The van der Waals surface area contributed by atoms with E-state index in [0.29, 0.717) is 12.0 Å². The van der Waals surface area contributed by atoms with Gasteiger partial charge in [0.1, 0.15) is 0 Å². The molecule has 2 nitrogen and oxygen atoms in total. The Morgan fingerprint density at radius 2 is 1.80 bits per heavy atom. The summed E-state index contributed by atoms with van der Waals surface area (Å²) in [6.45, 7) is 5.74. The van der Waals surface area contributed by atoms with Crippen LogP contribution < -0.4 is 5.46 Å². The molecule has 128 valence electrons. The number of hydrogen-bond donors (Lipinski definition) is 0. The highest BCUT2D eigenvalue weighted by Crippen LogP contribution is 2.56. The summed E-state index contributed by atoms with van der Waals surface area (Å²) in [5, 5.41) is 0. The standard InChI is InChI=1S/C22H26BNO/c1-16(2)19-10-6-7-11-20(19)23-24-15-13-17-12-14-22(25-23,21(17)24)18-8-4-3-5-9-18/h3-11,16-17,21H,12-15H2,1-2H3/t17-,21+,22-/m0/s1. The third-order valence-corrected chi connectivity index (χ3v) is 6.70. The lowest BCUT2D eigenvalue weighted by molar-refractivity contribution is 0.0767. The quantitative estimate of drug-likeness (QED) is 0.791. The van der Waals surface area contributed by atoms with Crippen LogP contribution >= 0.6 is 0 Å². The third-order valence-electron chi connectivity index (χ3n) is 6.70. The van der Waals surface area contributed by atoms with Crippen LogP contribution in [0.2, 0.25) is 0 Å². The smallest absolute Gasteiger partial charge is 0.406 e. The molecule has 25 heavy (non-hydrogen) atoms. The molecule has 0 N–H and O–H groups in total. The molecule has 0 amide bonds. The normalized spacial score (nSPS) is 31.1. The summed E-state index contributed by atoms with van der Waals surface area (Å²) in [4.78, 5) is 2.67. The second-order valence-corrected chi connectivity index (χ2v) is 8.28. The summed E-state index contributed by atoms with van der Waals surface area (Å²) >= 11 is 0. The highest BCUT2D eigenvalue weighted by molar-refractivity contribution is 6.66. The molecule has 2 heterocycles. The van der Waals surface area contributed by atoms with Crippen molar-refractivity contribution in [1.82, 2.24) is 4.81 Å². The molecule has 0 bridgehead atoms. The fraction of sp³-hybridized carbons (Fsp3) is 0.455. The van der Waals surface area contributed by atoms with Crippen LogP contribution in [-0.4, -0.2) is 24.4 Å². The Labute approximate surface area is 151 Å². The Morgan fingerprint density at radius 1 is 1.04 bits per heavy atom. The van der Waals surface area contributed by atoms with E-state index in [-0.39, 0.29) is 12.7 Å². The van der Waals surface area contributed by atoms with E-state index in [4.69, 9.17) is 4.65 Å². The minimum absolute atomic E-state index is 0.106. The van der Waals surface area contributed by atoms with Crippen molar-refractivity contribution < 1.29 is 4.65 Å². The van der Waals surface area contributed by atoms with Crippen molar-refractivity contribution in [2.45, 2.75) is 50.7 Å². The molecule has 0 aromatic heterocycles. The lowest BCUT2D eigenvalue weighted by atomic mass is 9.68. The van der Waals surface area contributed by atoms with Crippen LogP contribution in [0, 0.1) is 5.92 Å². The zero-order valence-corrected chi connectivity index (χ0v) is 15.2. The summed E-state index contributed by atoms with van der Waals surface area (Å²) in [6.07, 6.45) is 3.78. The van der Waals surface area contributed by atoms with Crippen LogP contribution in [0.3, 0.4) is 0 Å². The first kappa shape index (κ1) is 15.7. The fourth-order valence-corrected chi connectivity index (χ4v) is 5.65. The first-order valence-corrected chi connectivity index (χ1v) is 9.78. The second kappa shape index (κ2) is 5.72. The lowest BCUT2D eigenvalue weighted by Gasteiger charge is -2.31. The predicted molar refractivity (Wildman–Crippen MR) is 103 cm³/mol. The first-order valence-electron chi connectivity index (χ1n) is 9.78. The van der Waals surface area contributed by atoms with Crippen LogP contribution in [0.25, 0.3) is 0 Å². The zero-order valence-electron chi connectivity index (χ0n) is 15.2. The monoisotopic (exact) mass is 331 g/mol. The average molecular weight is 331 g/mol. The van der Waals surface area contributed by atoms with Crippen molar-refractivity contribution in [1.29, 1.82) is 0 Å². The van der Waals surface area contributed by atoms with Gasteiger partial charge in [-0.2, -0.15) is 0 Å². The lowest BCUT2D eigenvalue weighted by Crippen LogP contribution is -2.47. The maximum absolute atomic E-state index is 7.00. The number of hydrogen-bond acceptors (Lipinski definition) is 2. The summed E-state index contributed by atoms with van der Waals surface area (Å²) in [7, 11) is 0.106. The van der Waals surface area contributed by atoms with Crippen molar-refractivity contribution >= 4 is 12.5 Å². The Kier molecular flexibility index (Phi) is 3.58. The van der Waals surface area contributed by atoms with Crippen LogP contribution in [0.1, 0.15) is 50.2 Å². The van der Waals surface area contributed by atoms with Gasteiger partial charge in [-0.05, 0) is 54.2 Å². The van der Waals surface area contributed by atoms with Gasteiger partial charge < -0.3 is 9.47 Å². The van der Waals surface area contributed by atoms with E-state index in [9.17, 15) is 0 Å². The number of benzene rings is 2. The summed E-state index contributed by atoms with van der Waals surface area (Å²) in [5.74, 6) is 1.31. The van der Waals surface area contributed by atoms with Gasteiger partial charge in [0.25, 0.3) is 0 Å². The molecule has 3 fully saturated rings. The van der Waals surface area contributed by atoms with Crippen molar-refractivity contribution in [3.8, 4) is 0 Å². The summed E-state index contributed by atoms with van der Waals surface area (Å²) < 4.78 is 7.00. The maximum Gasteiger partial charge on any atom is 0.419 e. The van der Waals surface area contributed by atoms with E-state index < -0.39 is 0 Å². The van der Waals surface area contributed by atoms with Crippen LogP contribution in [0.15, 0.2) is 54.6 Å². The topological polar surface area (TPSA) is 12.5 Å². The summed E-state index contributed by atoms with van der Waals surface area (Å²) in [5.41, 5.74) is 4.07. The van der Waals surface area contributed by atoms with Crippen molar-refractivity contribution in [3.63, 3.8) is 0 Å². The number of rotatable bonds is 3. The molecule has 3 aliphatic rings. The van der Waals surface area contributed by atoms with Crippen LogP contribution in [0.5, 0.6) is 0 Å². The summed E-state index contributed by atoms with van der Waals surface area (Å²) in [6, 6.07) is 20.4. The van der Waals surface area contributed by atoms with E-state index in [2.05, 4.69) is 73.3 Å². The molecule has 0 radical (unpaired) electrons. The molecule has 2 aromatic rings. The minimum atomic E-state index is -0.114. The van der Waals surface area contributed by atoms with Gasteiger partial charge in [0.05, 0.1) is 5.60 Å². The highest BCUT2D eigenvalue weighted by atomic mass is 16.5. The Hall–Kier alpha value is -1.58. The largest absolute Gasteiger partial charge is 0.419 e. The molecule has 3 heteroatoms. The molecule has 2 saturated heterocycles. The Balaban J connectivity index is 1.61. The minimum Gasteiger partial charge on any atom is -0.406 e. The average Bonchev–Trinajstić information content (AvgIpc) is 3.31. The van der Waals surface area contributed by atoms with Gasteiger partial charge in [0.15, 0.2) is 0 Å². The van der Waals surface area contributed by atoms with E-state index >= 15 is 0 Å². The zero-order chi connectivity index (χ0) is 17.0. The van der Waals surface area contributed by atoms with E-state index in [1.165, 1.54) is 36.0 Å². The van der Waals surface area contributed by atoms with E-state index in [1.54, 1.807) is 0 Å². The molecule has 2 aromatic carbocycles. The van der Waals surface area contributed by atoms with Crippen molar-refractivity contribution in [2.24, 2.45) is 5.92 Å². The van der Waals surface area contributed by atoms with Crippen LogP contribution in [-0.2, 0) is 10.3 Å². The third kappa shape index (κ3) is 2.19. The molecule has 5 rings (SSSR count). The molecule has 1 saturated carbocycles. The molecule has 3 atom stereocenters. The SMILES string of the molecule is CC(C)c1ccccc1B1O[C@]2(c3ccccc3)CC[C@H]3CCN1[C@H]32.